The highest BCUT2D eigenvalue weighted by molar-refractivity contribution is 5.87. The number of carbonyl (C=O) groups is 1. The van der Waals surface area contributed by atoms with Crippen LogP contribution in [-0.4, -0.2) is 12.0 Å². The number of allylic oxidation sites excluding steroid dienone is 1. The first-order valence-electron chi connectivity index (χ1n) is 5.67. The summed E-state index contributed by atoms with van der Waals surface area (Å²) in [6.45, 7) is 0. The van der Waals surface area contributed by atoms with Crippen molar-refractivity contribution in [2.24, 2.45) is 0 Å². The van der Waals surface area contributed by atoms with Crippen LogP contribution in [0.3, 0.4) is 0 Å². The Balaban J connectivity index is 2.03. The molecule has 0 N–H and O–H groups in total. The van der Waals surface area contributed by atoms with Crippen molar-refractivity contribution in [1.29, 1.82) is 0 Å². The first-order valence-corrected chi connectivity index (χ1v) is 5.67. The Bertz CT molecular complexity index is 477. The molecule has 1 fully saturated rings. The van der Waals surface area contributed by atoms with Gasteiger partial charge in [-0.25, -0.2) is 4.39 Å². The summed E-state index contributed by atoms with van der Waals surface area (Å²) in [6, 6.07) is 8.08. The van der Waals surface area contributed by atoms with Crippen molar-refractivity contribution < 1.29 is 9.18 Å². The number of ketones is 1. The predicted molar refractivity (Wildman–Crippen MR) is 60.9 cm³/mol. The molecule has 1 spiro atoms. The van der Waals surface area contributed by atoms with Crippen molar-refractivity contribution in [2.75, 3.05) is 0 Å². The van der Waals surface area contributed by atoms with Crippen molar-refractivity contribution in [3.63, 3.8) is 0 Å². The molecule has 1 saturated carbocycles. The van der Waals surface area contributed by atoms with E-state index in [0.717, 1.165) is 6.42 Å². The zero-order chi connectivity index (χ0) is 11.2. The van der Waals surface area contributed by atoms with E-state index in [9.17, 15) is 9.18 Å². The van der Waals surface area contributed by atoms with Gasteiger partial charge in [-0.2, -0.15) is 0 Å². The van der Waals surface area contributed by atoms with Crippen LogP contribution in [0.5, 0.6) is 0 Å². The van der Waals surface area contributed by atoms with Crippen LogP contribution in [0, 0.1) is 0 Å². The summed E-state index contributed by atoms with van der Waals surface area (Å²) in [4.78, 5) is 11.6. The third kappa shape index (κ3) is 1.26. The highest BCUT2D eigenvalue weighted by Gasteiger charge is 2.42. The first-order chi connectivity index (χ1) is 7.71. The van der Waals surface area contributed by atoms with Gasteiger partial charge >= 0.3 is 0 Å². The molecule has 2 atom stereocenters. The molecule has 1 aromatic carbocycles. The summed E-state index contributed by atoms with van der Waals surface area (Å²) >= 11 is 0. The molecule has 82 valence electrons. The molecule has 0 heterocycles. The number of fused-ring (bicyclic) bond motifs is 2. The van der Waals surface area contributed by atoms with Gasteiger partial charge in [0.2, 0.25) is 0 Å². The van der Waals surface area contributed by atoms with Gasteiger partial charge in [-0.1, -0.05) is 36.4 Å². The van der Waals surface area contributed by atoms with E-state index >= 15 is 0 Å². The average Bonchev–Trinajstić information content (AvgIpc) is 2.65. The van der Waals surface area contributed by atoms with Crippen LogP contribution < -0.4 is 0 Å². The SMILES string of the molecule is O=C1CC2(C=Cc3ccccc32)CCC1F. The van der Waals surface area contributed by atoms with E-state index in [1.165, 1.54) is 11.1 Å². The summed E-state index contributed by atoms with van der Waals surface area (Å²) in [5.74, 6) is -0.243. The van der Waals surface area contributed by atoms with Crippen LogP contribution >= 0.6 is 0 Å². The molecule has 16 heavy (non-hydrogen) atoms. The molecule has 1 nitrogen and oxygen atoms in total. The van der Waals surface area contributed by atoms with Crippen LogP contribution in [0.25, 0.3) is 6.08 Å². The standard InChI is InChI=1S/C14H13FO/c15-12-6-8-14(9-13(12)16)7-5-10-3-1-2-4-11(10)14/h1-5,7,12H,6,8-9H2. The number of hydrogen-bond acceptors (Lipinski definition) is 1. The lowest BCUT2D eigenvalue weighted by molar-refractivity contribution is -0.127. The second-order valence-electron chi connectivity index (χ2n) is 4.73. The molecule has 0 aliphatic heterocycles. The van der Waals surface area contributed by atoms with Crippen molar-refractivity contribution >= 4 is 11.9 Å². The smallest absolute Gasteiger partial charge is 0.168 e. The Morgan fingerprint density at radius 2 is 2.12 bits per heavy atom. The van der Waals surface area contributed by atoms with Crippen LogP contribution in [0.1, 0.15) is 30.4 Å². The number of halogens is 1. The van der Waals surface area contributed by atoms with E-state index in [-0.39, 0.29) is 11.2 Å². The zero-order valence-corrected chi connectivity index (χ0v) is 8.95. The average molecular weight is 216 g/mol. The highest BCUT2D eigenvalue weighted by atomic mass is 19.1. The number of benzene rings is 1. The van der Waals surface area contributed by atoms with Gasteiger partial charge < -0.3 is 0 Å². The third-order valence-corrected chi connectivity index (χ3v) is 3.76. The quantitative estimate of drug-likeness (QED) is 0.651. The molecular formula is C14H13FO. The molecule has 2 aliphatic carbocycles. The second-order valence-corrected chi connectivity index (χ2v) is 4.73. The molecule has 0 aromatic heterocycles. The number of rotatable bonds is 0. The zero-order valence-electron chi connectivity index (χ0n) is 8.95. The van der Waals surface area contributed by atoms with Crippen LogP contribution in [0.4, 0.5) is 4.39 Å². The molecule has 3 rings (SSSR count). The van der Waals surface area contributed by atoms with Gasteiger partial charge in [0.25, 0.3) is 0 Å². The lowest BCUT2D eigenvalue weighted by Gasteiger charge is -2.33. The molecule has 2 aliphatic rings. The summed E-state index contributed by atoms with van der Waals surface area (Å²) in [5, 5.41) is 0. The minimum absolute atomic E-state index is 0.212. The Hall–Kier alpha value is -1.44. The summed E-state index contributed by atoms with van der Waals surface area (Å²) in [7, 11) is 0. The van der Waals surface area contributed by atoms with Crippen molar-refractivity contribution in [3.8, 4) is 0 Å². The molecule has 2 unspecified atom stereocenters. The maximum Gasteiger partial charge on any atom is 0.168 e. The van der Waals surface area contributed by atoms with Crippen molar-refractivity contribution in [3.05, 3.63) is 41.5 Å². The molecule has 0 bridgehead atoms. The Morgan fingerprint density at radius 1 is 1.31 bits per heavy atom. The van der Waals surface area contributed by atoms with Crippen LogP contribution in [-0.2, 0) is 10.2 Å². The fourth-order valence-electron chi connectivity index (χ4n) is 2.86. The van der Waals surface area contributed by atoms with Gasteiger partial charge in [-0.05, 0) is 24.0 Å². The van der Waals surface area contributed by atoms with Gasteiger partial charge in [0, 0.05) is 11.8 Å². The van der Waals surface area contributed by atoms with Gasteiger partial charge in [0.1, 0.15) is 0 Å². The molecule has 2 heteroatoms. The lowest BCUT2D eigenvalue weighted by atomic mass is 9.70. The maximum absolute atomic E-state index is 13.2. The minimum atomic E-state index is -1.24. The van der Waals surface area contributed by atoms with E-state index in [0.29, 0.717) is 12.8 Å². The number of hydrogen-bond donors (Lipinski definition) is 0. The molecule has 0 amide bonds. The molecule has 0 saturated heterocycles. The molecule has 1 aromatic rings. The Kier molecular flexibility index (Phi) is 2.00. The topological polar surface area (TPSA) is 17.1 Å². The summed E-state index contributed by atoms with van der Waals surface area (Å²) in [5.41, 5.74) is 2.15. The van der Waals surface area contributed by atoms with E-state index in [1.54, 1.807) is 0 Å². The van der Waals surface area contributed by atoms with Crippen molar-refractivity contribution in [1.82, 2.24) is 0 Å². The number of carbonyl (C=O) groups excluding carboxylic acids is 1. The normalized spacial score (nSPS) is 32.1. The monoisotopic (exact) mass is 216 g/mol. The lowest BCUT2D eigenvalue weighted by Crippen LogP contribution is -2.36. The van der Waals surface area contributed by atoms with Crippen LogP contribution in [0.15, 0.2) is 30.3 Å². The Morgan fingerprint density at radius 3 is 2.94 bits per heavy atom. The van der Waals surface area contributed by atoms with Crippen molar-refractivity contribution in [2.45, 2.75) is 30.8 Å². The fourth-order valence-corrected chi connectivity index (χ4v) is 2.86. The Labute approximate surface area is 94.0 Å². The van der Waals surface area contributed by atoms with Gasteiger partial charge in [0.15, 0.2) is 12.0 Å². The summed E-state index contributed by atoms with van der Waals surface area (Å²) < 4.78 is 13.2. The largest absolute Gasteiger partial charge is 0.296 e. The second kappa shape index (κ2) is 3.27. The van der Waals surface area contributed by atoms with E-state index in [2.05, 4.69) is 18.2 Å². The molecular weight excluding hydrogens is 203 g/mol. The van der Waals surface area contributed by atoms with Gasteiger partial charge in [0.05, 0.1) is 0 Å². The summed E-state index contributed by atoms with van der Waals surface area (Å²) in [6.07, 6.45) is 4.32. The number of Topliss-reactive ketones (excluding diaryl/α,β-unsaturated/α-hetero) is 1. The van der Waals surface area contributed by atoms with Gasteiger partial charge in [-0.3, -0.25) is 4.79 Å². The minimum Gasteiger partial charge on any atom is -0.296 e. The maximum atomic E-state index is 13.2. The van der Waals surface area contributed by atoms with E-state index < -0.39 is 6.17 Å². The predicted octanol–water partition coefficient (Wildman–Crippen LogP) is 3.04. The number of alkyl halides is 1. The fraction of sp³-hybridized carbons (Fsp3) is 0.357. The third-order valence-electron chi connectivity index (χ3n) is 3.76. The molecule has 0 radical (unpaired) electrons. The van der Waals surface area contributed by atoms with E-state index in [1.807, 2.05) is 18.2 Å². The van der Waals surface area contributed by atoms with Crippen LogP contribution in [0.2, 0.25) is 0 Å². The van der Waals surface area contributed by atoms with E-state index in [4.69, 9.17) is 0 Å². The first kappa shape index (κ1) is 9.76. The van der Waals surface area contributed by atoms with Gasteiger partial charge in [-0.15, -0.1) is 0 Å². The highest BCUT2D eigenvalue weighted by Crippen LogP contribution is 2.45.